The average Bonchev–Trinajstić information content (AvgIpc) is 2.62. The van der Waals surface area contributed by atoms with Crippen LogP contribution in [0.5, 0.6) is 5.75 Å². The normalized spacial score (nSPS) is 23.2. The maximum atomic E-state index is 12.5. The van der Waals surface area contributed by atoms with Crippen molar-refractivity contribution in [1.82, 2.24) is 4.90 Å². The topological polar surface area (TPSA) is 84.7 Å². The van der Waals surface area contributed by atoms with Gasteiger partial charge in [-0.1, -0.05) is 19.3 Å². The molecule has 1 amide bonds. The number of anilines is 1. The number of nitro benzene ring substituents is 1. The van der Waals surface area contributed by atoms with Gasteiger partial charge in [-0.05, 0) is 43.7 Å². The summed E-state index contributed by atoms with van der Waals surface area (Å²) in [6.45, 7) is 4.08. The number of nitrogens with one attached hydrogen (secondary N) is 1. The quantitative estimate of drug-likeness (QED) is 0.642. The Morgan fingerprint density at radius 1 is 1.31 bits per heavy atom. The van der Waals surface area contributed by atoms with Crippen LogP contribution in [-0.2, 0) is 4.79 Å². The van der Waals surface area contributed by atoms with Crippen LogP contribution < -0.4 is 10.1 Å². The first-order chi connectivity index (χ1) is 12.5. The number of carbonyl (C=O) groups excluding carboxylic acids is 1. The molecule has 0 radical (unpaired) electrons. The highest BCUT2D eigenvalue weighted by Crippen LogP contribution is 2.36. The van der Waals surface area contributed by atoms with E-state index in [1.165, 1.54) is 51.3 Å². The second-order valence-electron chi connectivity index (χ2n) is 7.47. The third-order valence-corrected chi connectivity index (χ3v) is 5.74. The van der Waals surface area contributed by atoms with Crippen LogP contribution in [0.3, 0.4) is 0 Å². The zero-order chi connectivity index (χ0) is 18.7. The van der Waals surface area contributed by atoms with Crippen LogP contribution in [0.2, 0.25) is 0 Å². The lowest BCUT2D eigenvalue weighted by Gasteiger charge is -2.41. The molecule has 1 saturated heterocycles. The Hall–Kier alpha value is -2.15. The van der Waals surface area contributed by atoms with Crippen molar-refractivity contribution in [2.75, 3.05) is 32.1 Å². The van der Waals surface area contributed by atoms with Crippen molar-refractivity contribution < 1.29 is 14.5 Å². The monoisotopic (exact) mass is 361 g/mol. The van der Waals surface area contributed by atoms with Gasteiger partial charge in [-0.2, -0.15) is 0 Å². The number of likely N-dealkylation sites (tertiary alicyclic amines) is 1. The van der Waals surface area contributed by atoms with Gasteiger partial charge < -0.3 is 10.1 Å². The average molecular weight is 361 g/mol. The summed E-state index contributed by atoms with van der Waals surface area (Å²) in [5, 5.41) is 14.0. The second kappa shape index (κ2) is 8.03. The Morgan fingerprint density at radius 3 is 2.73 bits per heavy atom. The molecule has 2 fully saturated rings. The van der Waals surface area contributed by atoms with Crippen molar-refractivity contribution in [3.05, 3.63) is 27.8 Å². The summed E-state index contributed by atoms with van der Waals surface area (Å²) >= 11 is 0. The highest BCUT2D eigenvalue weighted by Gasteiger charge is 2.31. The molecular formula is C19H27N3O4. The van der Waals surface area contributed by atoms with Crippen LogP contribution in [0, 0.1) is 28.9 Å². The van der Waals surface area contributed by atoms with Crippen LogP contribution in [0.4, 0.5) is 11.4 Å². The van der Waals surface area contributed by atoms with E-state index in [1.54, 1.807) is 6.92 Å². The molecule has 0 bridgehead atoms. The predicted octanol–water partition coefficient (Wildman–Crippen LogP) is 3.36. The number of piperidine rings is 1. The van der Waals surface area contributed by atoms with Gasteiger partial charge in [-0.25, -0.2) is 0 Å². The van der Waals surface area contributed by atoms with E-state index in [9.17, 15) is 14.9 Å². The molecule has 0 unspecified atom stereocenters. The number of nitrogens with zero attached hydrogens (tertiary/aromatic N) is 2. The van der Waals surface area contributed by atoms with Gasteiger partial charge in [0.1, 0.15) is 0 Å². The number of aryl methyl sites for hydroxylation is 1. The highest BCUT2D eigenvalue weighted by molar-refractivity contribution is 5.93. The van der Waals surface area contributed by atoms with Crippen LogP contribution in [0.25, 0.3) is 0 Å². The standard InChI is InChI=1S/C19H27N3O4/c1-13-9-17(22(24)25)18(26-2)10-16(13)20-19(23)12-21-8-7-14-5-3-4-6-15(14)11-21/h9-10,14-15H,3-8,11-12H2,1-2H3,(H,20,23)/t14-,15+/m0/s1. The van der Waals surface area contributed by atoms with Gasteiger partial charge in [0.05, 0.1) is 18.6 Å². The van der Waals surface area contributed by atoms with Crippen LogP contribution in [0.15, 0.2) is 12.1 Å². The molecule has 142 valence electrons. The number of hydrogen-bond acceptors (Lipinski definition) is 5. The summed E-state index contributed by atoms with van der Waals surface area (Å²) in [6, 6.07) is 2.96. The lowest BCUT2D eigenvalue weighted by Crippen LogP contribution is -2.44. The van der Waals surface area contributed by atoms with E-state index in [1.807, 2.05) is 0 Å². The number of nitro groups is 1. The number of amides is 1. The summed E-state index contributed by atoms with van der Waals surface area (Å²) in [5.41, 5.74) is 1.12. The molecule has 1 aromatic carbocycles. The lowest BCUT2D eigenvalue weighted by molar-refractivity contribution is -0.385. The summed E-state index contributed by atoms with van der Waals surface area (Å²) in [4.78, 5) is 25.3. The fraction of sp³-hybridized carbons (Fsp3) is 0.632. The molecule has 0 spiro atoms. The summed E-state index contributed by atoms with van der Waals surface area (Å²) < 4.78 is 5.09. The highest BCUT2D eigenvalue weighted by atomic mass is 16.6. The minimum Gasteiger partial charge on any atom is -0.490 e. The molecule has 2 aliphatic rings. The van der Waals surface area contributed by atoms with Crippen molar-refractivity contribution in [1.29, 1.82) is 0 Å². The number of ether oxygens (including phenoxy) is 1. The SMILES string of the molecule is COc1cc(NC(=O)CN2CC[C@@H]3CCCC[C@@H]3C2)c(C)cc1[N+](=O)[O-]. The van der Waals surface area contributed by atoms with Gasteiger partial charge in [0.15, 0.2) is 5.75 Å². The molecule has 7 heteroatoms. The Morgan fingerprint density at radius 2 is 2.04 bits per heavy atom. The molecule has 1 N–H and O–H groups in total. The maximum absolute atomic E-state index is 12.5. The Kier molecular flexibility index (Phi) is 5.76. The molecule has 1 saturated carbocycles. The van der Waals surface area contributed by atoms with Crippen molar-refractivity contribution in [2.45, 2.75) is 39.0 Å². The van der Waals surface area contributed by atoms with Crippen molar-refractivity contribution >= 4 is 17.3 Å². The number of benzene rings is 1. The van der Waals surface area contributed by atoms with Crippen molar-refractivity contribution in [3.63, 3.8) is 0 Å². The third kappa shape index (κ3) is 4.15. The minimum absolute atomic E-state index is 0.0849. The van der Waals surface area contributed by atoms with Gasteiger partial charge in [0.25, 0.3) is 0 Å². The molecular weight excluding hydrogens is 334 g/mol. The van der Waals surface area contributed by atoms with E-state index < -0.39 is 4.92 Å². The second-order valence-corrected chi connectivity index (χ2v) is 7.47. The third-order valence-electron chi connectivity index (χ3n) is 5.74. The molecule has 1 aliphatic carbocycles. The van der Waals surface area contributed by atoms with Gasteiger partial charge in [-0.3, -0.25) is 19.8 Å². The van der Waals surface area contributed by atoms with E-state index >= 15 is 0 Å². The van der Waals surface area contributed by atoms with Gasteiger partial charge >= 0.3 is 5.69 Å². The molecule has 0 aromatic heterocycles. The lowest BCUT2D eigenvalue weighted by atomic mass is 9.75. The number of fused-ring (bicyclic) bond motifs is 1. The van der Waals surface area contributed by atoms with Gasteiger partial charge in [-0.15, -0.1) is 0 Å². The summed E-state index contributed by atoms with van der Waals surface area (Å²) in [5.74, 6) is 1.63. The van der Waals surface area contributed by atoms with E-state index in [2.05, 4.69) is 10.2 Å². The van der Waals surface area contributed by atoms with E-state index in [0.29, 0.717) is 17.8 Å². The van der Waals surface area contributed by atoms with Crippen LogP contribution in [0.1, 0.15) is 37.7 Å². The van der Waals surface area contributed by atoms with Crippen molar-refractivity contribution in [2.24, 2.45) is 11.8 Å². The zero-order valence-electron chi connectivity index (χ0n) is 15.5. The first-order valence-electron chi connectivity index (χ1n) is 9.33. The minimum atomic E-state index is -0.480. The number of hydrogen-bond donors (Lipinski definition) is 1. The Labute approximate surface area is 153 Å². The molecule has 3 rings (SSSR count). The molecule has 1 aliphatic heterocycles. The smallest absolute Gasteiger partial charge is 0.311 e. The fourth-order valence-electron chi connectivity index (χ4n) is 4.33. The van der Waals surface area contributed by atoms with E-state index in [0.717, 1.165) is 24.9 Å². The fourth-order valence-corrected chi connectivity index (χ4v) is 4.33. The number of carbonyl (C=O) groups is 1. The molecule has 1 heterocycles. The number of rotatable bonds is 5. The summed E-state index contributed by atoms with van der Waals surface area (Å²) in [7, 11) is 1.39. The maximum Gasteiger partial charge on any atom is 0.311 e. The number of methoxy groups -OCH3 is 1. The van der Waals surface area contributed by atoms with Crippen LogP contribution in [-0.4, -0.2) is 42.5 Å². The zero-order valence-corrected chi connectivity index (χ0v) is 15.5. The largest absolute Gasteiger partial charge is 0.490 e. The predicted molar refractivity (Wildman–Crippen MR) is 99.5 cm³/mol. The first-order valence-corrected chi connectivity index (χ1v) is 9.33. The molecule has 7 nitrogen and oxygen atoms in total. The molecule has 2 atom stereocenters. The Balaban J connectivity index is 1.62. The van der Waals surface area contributed by atoms with E-state index in [4.69, 9.17) is 4.74 Å². The Bertz CT molecular complexity index is 692. The van der Waals surface area contributed by atoms with Gasteiger partial charge in [0, 0.05) is 24.4 Å². The summed E-state index contributed by atoms with van der Waals surface area (Å²) in [6.07, 6.45) is 6.46. The molecule has 1 aromatic rings. The van der Waals surface area contributed by atoms with Crippen LogP contribution >= 0.6 is 0 Å². The molecule has 26 heavy (non-hydrogen) atoms. The first kappa shape index (κ1) is 18.6. The van der Waals surface area contributed by atoms with E-state index in [-0.39, 0.29) is 17.3 Å². The van der Waals surface area contributed by atoms with Crippen molar-refractivity contribution in [3.8, 4) is 5.75 Å². The van der Waals surface area contributed by atoms with Gasteiger partial charge in [0.2, 0.25) is 5.91 Å².